The Morgan fingerprint density at radius 3 is 2.54 bits per heavy atom. The second kappa shape index (κ2) is 8.55. The predicted molar refractivity (Wildman–Crippen MR) is 106 cm³/mol. The number of hydrogen-bond acceptors (Lipinski definition) is 4. The number of hydrogen-bond donors (Lipinski definition) is 1. The van der Waals surface area contributed by atoms with Crippen molar-refractivity contribution in [3.8, 4) is 5.75 Å². The summed E-state index contributed by atoms with van der Waals surface area (Å²) >= 11 is 3.38. The second-order valence-electron chi connectivity index (χ2n) is 5.79. The first-order valence-corrected chi connectivity index (χ1v) is 10.5. The maximum absolute atomic E-state index is 12.3. The molecule has 0 saturated carbocycles. The van der Waals surface area contributed by atoms with E-state index >= 15 is 0 Å². The van der Waals surface area contributed by atoms with Gasteiger partial charge >= 0.3 is 0 Å². The highest BCUT2D eigenvalue weighted by Crippen LogP contribution is 2.24. The molecule has 0 aliphatic heterocycles. The third-order valence-electron chi connectivity index (χ3n) is 3.79. The minimum atomic E-state index is -3.61. The van der Waals surface area contributed by atoms with E-state index in [1.54, 1.807) is 31.4 Å². The summed E-state index contributed by atoms with van der Waals surface area (Å²) in [6.07, 6.45) is 1.08. The highest BCUT2D eigenvalue weighted by Gasteiger charge is 2.21. The van der Waals surface area contributed by atoms with Crippen molar-refractivity contribution in [2.45, 2.75) is 13.5 Å². The third-order valence-corrected chi connectivity index (χ3v) is 5.82. The molecule has 8 heteroatoms. The Labute approximate surface area is 162 Å². The molecule has 2 aromatic rings. The lowest BCUT2D eigenvalue weighted by atomic mass is 10.2. The fraction of sp³-hybridized carbons (Fsp3) is 0.278. The largest absolute Gasteiger partial charge is 0.496 e. The molecule has 1 N–H and O–H groups in total. The molecule has 2 rings (SSSR count). The zero-order valence-corrected chi connectivity index (χ0v) is 17.2. The fourth-order valence-electron chi connectivity index (χ4n) is 2.41. The Bertz CT molecular complexity index is 900. The minimum Gasteiger partial charge on any atom is -0.496 e. The van der Waals surface area contributed by atoms with Crippen LogP contribution >= 0.6 is 15.9 Å². The van der Waals surface area contributed by atoms with Gasteiger partial charge in [-0.15, -0.1) is 0 Å². The van der Waals surface area contributed by atoms with E-state index in [2.05, 4.69) is 21.2 Å². The molecule has 0 aliphatic carbocycles. The van der Waals surface area contributed by atoms with Crippen molar-refractivity contribution >= 4 is 37.5 Å². The van der Waals surface area contributed by atoms with Crippen LogP contribution in [0.3, 0.4) is 0 Å². The molecule has 0 aromatic heterocycles. The van der Waals surface area contributed by atoms with E-state index < -0.39 is 15.9 Å². The van der Waals surface area contributed by atoms with Gasteiger partial charge in [-0.1, -0.05) is 34.1 Å². The first-order valence-electron chi connectivity index (χ1n) is 7.85. The summed E-state index contributed by atoms with van der Waals surface area (Å²) in [5.41, 5.74) is 2.14. The molecule has 6 nitrogen and oxygen atoms in total. The zero-order valence-electron chi connectivity index (χ0n) is 14.8. The average Bonchev–Trinajstić information content (AvgIpc) is 2.59. The normalized spacial score (nSPS) is 11.1. The number of aryl methyl sites for hydroxylation is 1. The molecule has 0 saturated heterocycles. The van der Waals surface area contributed by atoms with E-state index in [0.717, 1.165) is 26.2 Å². The van der Waals surface area contributed by atoms with Crippen molar-refractivity contribution in [1.82, 2.24) is 5.32 Å². The number of ether oxygens (including phenoxy) is 1. The van der Waals surface area contributed by atoms with Gasteiger partial charge in [-0.3, -0.25) is 9.10 Å². The first kappa shape index (κ1) is 20.3. The molecule has 0 radical (unpaired) electrons. The number of sulfonamides is 1. The van der Waals surface area contributed by atoms with Gasteiger partial charge in [0.2, 0.25) is 15.9 Å². The lowest BCUT2D eigenvalue weighted by Crippen LogP contribution is -2.40. The van der Waals surface area contributed by atoms with Crippen LogP contribution in [0, 0.1) is 6.92 Å². The van der Waals surface area contributed by atoms with Gasteiger partial charge in [0.05, 0.1) is 19.1 Å². The van der Waals surface area contributed by atoms with Crippen LogP contribution in [-0.2, 0) is 21.4 Å². The molecule has 0 aliphatic rings. The third kappa shape index (κ3) is 5.22. The maximum Gasteiger partial charge on any atom is 0.241 e. The van der Waals surface area contributed by atoms with Crippen LogP contribution in [0.15, 0.2) is 46.9 Å². The molecule has 0 unspecified atom stereocenters. The van der Waals surface area contributed by atoms with Gasteiger partial charge in [-0.05, 0) is 36.8 Å². The number of rotatable bonds is 7. The van der Waals surface area contributed by atoms with Crippen molar-refractivity contribution in [2.75, 3.05) is 24.2 Å². The summed E-state index contributed by atoms with van der Waals surface area (Å²) < 4.78 is 31.5. The summed E-state index contributed by atoms with van der Waals surface area (Å²) in [5.74, 6) is 0.262. The number of anilines is 1. The van der Waals surface area contributed by atoms with Gasteiger partial charge in [0, 0.05) is 16.6 Å². The van der Waals surface area contributed by atoms with Gasteiger partial charge in [0.15, 0.2) is 0 Å². The van der Waals surface area contributed by atoms with Crippen LogP contribution in [0.1, 0.15) is 11.1 Å². The highest BCUT2D eigenvalue weighted by atomic mass is 79.9. The number of nitrogens with one attached hydrogen (secondary N) is 1. The van der Waals surface area contributed by atoms with E-state index in [1.165, 1.54) is 0 Å². The standard InChI is InChI=1S/C18H21BrN2O4S/c1-13-10-15(8-9-16(13)19)21(26(3,23)24)12-18(22)20-11-14-6-4-5-7-17(14)25-2/h4-10H,11-12H2,1-3H3,(H,20,22). The summed E-state index contributed by atoms with van der Waals surface area (Å²) in [6.45, 7) is 1.81. The number of para-hydroxylation sites is 1. The van der Waals surface area contributed by atoms with Crippen LogP contribution in [-0.4, -0.2) is 34.2 Å². The Balaban J connectivity index is 2.13. The maximum atomic E-state index is 12.3. The molecule has 140 valence electrons. The Kier molecular flexibility index (Phi) is 6.66. The van der Waals surface area contributed by atoms with Crippen LogP contribution in [0.2, 0.25) is 0 Å². The van der Waals surface area contributed by atoms with Gasteiger partial charge in [-0.25, -0.2) is 8.42 Å². The quantitative estimate of drug-likeness (QED) is 0.717. The molecule has 0 atom stereocenters. The van der Waals surface area contributed by atoms with Crippen LogP contribution in [0.5, 0.6) is 5.75 Å². The molecule has 2 aromatic carbocycles. The molecule has 26 heavy (non-hydrogen) atoms. The lowest BCUT2D eigenvalue weighted by Gasteiger charge is -2.22. The summed E-state index contributed by atoms with van der Waals surface area (Å²) in [4.78, 5) is 12.3. The van der Waals surface area contributed by atoms with Gasteiger partial charge in [-0.2, -0.15) is 0 Å². The Morgan fingerprint density at radius 1 is 1.23 bits per heavy atom. The number of carbonyl (C=O) groups excluding carboxylic acids is 1. The molecule has 0 spiro atoms. The second-order valence-corrected chi connectivity index (χ2v) is 8.55. The highest BCUT2D eigenvalue weighted by molar-refractivity contribution is 9.10. The van der Waals surface area contributed by atoms with E-state index in [9.17, 15) is 13.2 Å². The fourth-order valence-corrected chi connectivity index (χ4v) is 3.51. The van der Waals surface area contributed by atoms with E-state index in [1.807, 2.05) is 25.1 Å². The number of halogens is 1. The van der Waals surface area contributed by atoms with Crippen molar-refractivity contribution in [2.24, 2.45) is 0 Å². The zero-order chi connectivity index (χ0) is 19.3. The SMILES string of the molecule is COc1ccccc1CNC(=O)CN(c1ccc(Br)c(C)c1)S(C)(=O)=O. The number of amides is 1. The van der Waals surface area contributed by atoms with Gasteiger partial charge in [0.25, 0.3) is 0 Å². The van der Waals surface area contributed by atoms with Crippen LogP contribution in [0.25, 0.3) is 0 Å². The molecular formula is C18H21BrN2O4S. The minimum absolute atomic E-state index is 0.250. The Morgan fingerprint density at radius 2 is 1.92 bits per heavy atom. The lowest BCUT2D eigenvalue weighted by molar-refractivity contribution is -0.119. The first-order chi connectivity index (χ1) is 12.2. The molecule has 1 amide bonds. The van der Waals surface area contributed by atoms with E-state index in [-0.39, 0.29) is 13.1 Å². The summed E-state index contributed by atoms with van der Waals surface area (Å²) in [5, 5.41) is 2.74. The summed E-state index contributed by atoms with van der Waals surface area (Å²) in [6, 6.07) is 12.5. The van der Waals surface area contributed by atoms with Gasteiger partial charge < -0.3 is 10.1 Å². The topological polar surface area (TPSA) is 75.7 Å². The molecule has 0 fully saturated rings. The number of carbonyl (C=O) groups is 1. The average molecular weight is 441 g/mol. The molecule has 0 heterocycles. The van der Waals surface area contributed by atoms with Crippen molar-refractivity contribution in [1.29, 1.82) is 0 Å². The smallest absolute Gasteiger partial charge is 0.241 e. The van der Waals surface area contributed by atoms with E-state index in [4.69, 9.17) is 4.74 Å². The van der Waals surface area contributed by atoms with Crippen LogP contribution in [0.4, 0.5) is 5.69 Å². The molecule has 0 bridgehead atoms. The molecular weight excluding hydrogens is 420 g/mol. The van der Waals surface area contributed by atoms with Crippen molar-refractivity contribution in [3.63, 3.8) is 0 Å². The van der Waals surface area contributed by atoms with Gasteiger partial charge in [0.1, 0.15) is 12.3 Å². The van der Waals surface area contributed by atoms with Crippen LogP contribution < -0.4 is 14.4 Å². The van der Waals surface area contributed by atoms with E-state index in [0.29, 0.717) is 11.4 Å². The number of nitrogens with zero attached hydrogens (tertiary/aromatic N) is 1. The number of methoxy groups -OCH3 is 1. The monoisotopic (exact) mass is 440 g/mol. The van der Waals surface area contributed by atoms with Crippen molar-refractivity contribution < 1.29 is 17.9 Å². The summed E-state index contributed by atoms with van der Waals surface area (Å²) in [7, 11) is -2.05. The predicted octanol–water partition coefficient (Wildman–Crippen LogP) is 2.85. The Hall–Kier alpha value is -2.06. The number of benzene rings is 2. The van der Waals surface area contributed by atoms with Crippen molar-refractivity contribution in [3.05, 3.63) is 58.1 Å².